The third kappa shape index (κ3) is 4.47. The molecule has 8 heteroatoms. The monoisotopic (exact) mass is 387 g/mol. The minimum Gasteiger partial charge on any atom is -0.347 e. The number of hydrogen-bond donors (Lipinski definition) is 2. The maximum absolute atomic E-state index is 12.4. The molecule has 0 radical (unpaired) electrons. The largest absolute Gasteiger partial charge is 0.347 e. The summed E-state index contributed by atoms with van der Waals surface area (Å²) in [4.78, 5) is 16.4. The third-order valence-electron chi connectivity index (χ3n) is 3.59. The molecule has 2 N–H and O–H groups in total. The second-order valence-electron chi connectivity index (χ2n) is 5.62. The number of rotatable bonds is 6. The van der Waals surface area contributed by atoms with Crippen molar-refractivity contribution in [3.8, 4) is 0 Å². The highest BCUT2D eigenvalue weighted by Crippen LogP contribution is 2.20. The smallest absolute Gasteiger partial charge is 0.271 e. The van der Waals surface area contributed by atoms with Gasteiger partial charge in [0.25, 0.3) is 15.9 Å². The van der Waals surface area contributed by atoms with Crippen molar-refractivity contribution in [2.75, 3.05) is 4.72 Å². The predicted molar refractivity (Wildman–Crippen MR) is 102 cm³/mol. The van der Waals surface area contributed by atoms with E-state index in [1.54, 1.807) is 12.1 Å². The van der Waals surface area contributed by atoms with Gasteiger partial charge in [-0.05, 0) is 24.6 Å². The Morgan fingerprint density at radius 1 is 1.08 bits per heavy atom. The molecule has 0 unspecified atom stereocenters. The molecular weight excluding hydrogens is 370 g/mol. The van der Waals surface area contributed by atoms with Crippen LogP contribution in [0.5, 0.6) is 0 Å². The molecule has 0 bridgehead atoms. The number of thiazole rings is 1. The lowest BCUT2D eigenvalue weighted by atomic mass is 10.2. The molecule has 26 heavy (non-hydrogen) atoms. The van der Waals surface area contributed by atoms with Crippen LogP contribution in [-0.2, 0) is 16.6 Å². The molecule has 3 rings (SSSR count). The zero-order chi connectivity index (χ0) is 18.6. The van der Waals surface area contributed by atoms with Crippen LogP contribution in [-0.4, -0.2) is 19.3 Å². The highest BCUT2D eigenvalue weighted by Gasteiger charge is 2.17. The predicted octanol–water partition coefficient (Wildman–Crippen LogP) is 3.18. The molecule has 134 valence electrons. The summed E-state index contributed by atoms with van der Waals surface area (Å²) in [5, 5.41) is 4.43. The molecule has 0 aliphatic carbocycles. The van der Waals surface area contributed by atoms with Crippen molar-refractivity contribution in [1.29, 1.82) is 0 Å². The van der Waals surface area contributed by atoms with E-state index in [0.717, 1.165) is 22.5 Å². The van der Waals surface area contributed by atoms with Gasteiger partial charge in [0, 0.05) is 11.9 Å². The number of nitrogens with zero attached hydrogens (tertiary/aromatic N) is 1. The van der Waals surface area contributed by atoms with Crippen molar-refractivity contribution in [3.05, 3.63) is 76.8 Å². The van der Waals surface area contributed by atoms with Crippen molar-refractivity contribution in [3.63, 3.8) is 0 Å². The molecule has 0 saturated carbocycles. The Morgan fingerprint density at radius 3 is 2.46 bits per heavy atom. The Balaban J connectivity index is 1.65. The fourth-order valence-corrected chi connectivity index (χ4v) is 4.13. The van der Waals surface area contributed by atoms with Crippen LogP contribution in [0.3, 0.4) is 0 Å². The molecular formula is C18H17N3O3S2. The minimum atomic E-state index is -3.73. The van der Waals surface area contributed by atoms with Gasteiger partial charge in [-0.3, -0.25) is 9.52 Å². The fraction of sp³-hybridized carbons (Fsp3) is 0.111. The van der Waals surface area contributed by atoms with Gasteiger partial charge >= 0.3 is 0 Å². The Morgan fingerprint density at radius 2 is 1.77 bits per heavy atom. The van der Waals surface area contributed by atoms with Crippen LogP contribution in [0.2, 0.25) is 0 Å². The summed E-state index contributed by atoms with van der Waals surface area (Å²) in [6, 6.07) is 16.0. The van der Waals surface area contributed by atoms with E-state index in [9.17, 15) is 13.2 Å². The zero-order valence-corrected chi connectivity index (χ0v) is 15.6. The lowest BCUT2D eigenvalue weighted by molar-refractivity contribution is 0.0946. The Hall–Kier alpha value is -2.71. The van der Waals surface area contributed by atoms with Gasteiger partial charge in [0.1, 0.15) is 5.69 Å². The molecule has 6 nitrogen and oxygen atoms in total. The van der Waals surface area contributed by atoms with Gasteiger partial charge in [-0.1, -0.05) is 48.0 Å². The van der Waals surface area contributed by atoms with Crippen molar-refractivity contribution in [2.24, 2.45) is 0 Å². The maximum Gasteiger partial charge on any atom is 0.271 e. The first kappa shape index (κ1) is 18.1. The van der Waals surface area contributed by atoms with Crippen LogP contribution in [0, 0.1) is 6.92 Å². The van der Waals surface area contributed by atoms with E-state index in [0.29, 0.717) is 6.54 Å². The standard InChI is InChI=1S/C18H17N3O3S2/c1-13-7-9-15(10-8-13)26(23,24)21-18-20-16(12-25-18)17(22)19-11-14-5-3-2-4-6-14/h2-10,12H,11H2,1H3,(H,19,22)(H,20,21). The zero-order valence-electron chi connectivity index (χ0n) is 14.0. The lowest BCUT2D eigenvalue weighted by Gasteiger charge is -2.05. The van der Waals surface area contributed by atoms with Crippen LogP contribution < -0.4 is 10.0 Å². The quantitative estimate of drug-likeness (QED) is 0.680. The van der Waals surface area contributed by atoms with E-state index in [1.165, 1.54) is 17.5 Å². The van der Waals surface area contributed by atoms with Crippen molar-refractivity contribution in [2.45, 2.75) is 18.4 Å². The third-order valence-corrected chi connectivity index (χ3v) is 5.83. The number of nitrogens with one attached hydrogen (secondary N) is 2. The molecule has 0 atom stereocenters. The highest BCUT2D eigenvalue weighted by molar-refractivity contribution is 7.93. The van der Waals surface area contributed by atoms with Crippen LogP contribution in [0.15, 0.2) is 64.9 Å². The number of sulfonamides is 1. The first-order chi connectivity index (χ1) is 12.4. The number of benzene rings is 2. The van der Waals surface area contributed by atoms with Crippen LogP contribution >= 0.6 is 11.3 Å². The number of carbonyl (C=O) groups excluding carboxylic acids is 1. The lowest BCUT2D eigenvalue weighted by Crippen LogP contribution is -2.23. The normalized spacial score (nSPS) is 11.1. The molecule has 0 spiro atoms. The molecule has 2 aromatic carbocycles. The summed E-state index contributed by atoms with van der Waals surface area (Å²) in [7, 11) is -3.73. The highest BCUT2D eigenvalue weighted by atomic mass is 32.2. The minimum absolute atomic E-state index is 0.147. The first-order valence-electron chi connectivity index (χ1n) is 7.81. The topological polar surface area (TPSA) is 88.2 Å². The summed E-state index contributed by atoms with van der Waals surface area (Å²) in [5.41, 5.74) is 2.11. The summed E-state index contributed by atoms with van der Waals surface area (Å²) >= 11 is 1.06. The van der Waals surface area contributed by atoms with Gasteiger partial charge in [0.2, 0.25) is 0 Å². The van der Waals surface area contributed by atoms with E-state index in [1.807, 2.05) is 37.3 Å². The van der Waals surface area contributed by atoms with E-state index in [2.05, 4.69) is 15.0 Å². The number of amides is 1. The van der Waals surface area contributed by atoms with Gasteiger partial charge in [0.05, 0.1) is 4.90 Å². The molecule has 3 aromatic rings. The Kier molecular flexibility index (Phi) is 5.34. The van der Waals surface area contributed by atoms with Gasteiger partial charge < -0.3 is 5.32 Å². The summed E-state index contributed by atoms with van der Waals surface area (Å²) < 4.78 is 27.1. The maximum atomic E-state index is 12.4. The van der Waals surface area contributed by atoms with Crippen molar-refractivity contribution >= 4 is 32.4 Å². The number of carbonyl (C=O) groups is 1. The molecule has 0 fully saturated rings. The van der Waals surface area contributed by atoms with Gasteiger partial charge in [0.15, 0.2) is 5.13 Å². The molecule has 0 aliphatic rings. The average Bonchev–Trinajstić information content (AvgIpc) is 3.09. The SMILES string of the molecule is Cc1ccc(S(=O)(=O)Nc2nc(C(=O)NCc3ccccc3)cs2)cc1. The molecule has 0 saturated heterocycles. The Bertz CT molecular complexity index is 998. The summed E-state index contributed by atoms with van der Waals surface area (Å²) in [6.45, 7) is 2.26. The van der Waals surface area contributed by atoms with Crippen LogP contribution in [0.4, 0.5) is 5.13 Å². The molecule has 0 aliphatic heterocycles. The first-order valence-corrected chi connectivity index (χ1v) is 10.2. The number of aromatic nitrogens is 1. The number of aryl methyl sites for hydroxylation is 1. The van der Waals surface area contributed by atoms with Crippen LogP contribution in [0.25, 0.3) is 0 Å². The van der Waals surface area contributed by atoms with E-state index in [4.69, 9.17) is 0 Å². The second-order valence-corrected chi connectivity index (χ2v) is 8.17. The molecule has 1 aromatic heterocycles. The van der Waals surface area contributed by atoms with Gasteiger partial charge in [-0.2, -0.15) is 0 Å². The van der Waals surface area contributed by atoms with E-state index >= 15 is 0 Å². The van der Waals surface area contributed by atoms with E-state index < -0.39 is 10.0 Å². The average molecular weight is 387 g/mol. The molecule has 1 heterocycles. The molecule has 1 amide bonds. The van der Waals surface area contributed by atoms with Gasteiger partial charge in [-0.25, -0.2) is 13.4 Å². The fourth-order valence-electron chi connectivity index (χ4n) is 2.18. The summed E-state index contributed by atoms with van der Waals surface area (Å²) in [6.07, 6.45) is 0. The second kappa shape index (κ2) is 7.67. The number of anilines is 1. The summed E-state index contributed by atoms with van der Waals surface area (Å²) in [5.74, 6) is -0.356. The Labute approximate surface area is 156 Å². The number of hydrogen-bond acceptors (Lipinski definition) is 5. The van der Waals surface area contributed by atoms with E-state index in [-0.39, 0.29) is 21.6 Å². The van der Waals surface area contributed by atoms with Crippen LogP contribution in [0.1, 0.15) is 21.6 Å². The van der Waals surface area contributed by atoms with Crippen molar-refractivity contribution < 1.29 is 13.2 Å². The van der Waals surface area contributed by atoms with Gasteiger partial charge in [-0.15, -0.1) is 11.3 Å². The van der Waals surface area contributed by atoms with Crippen molar-refractivity contribution in [1.82, 2.24) is 10.3 Å².